The van der Waals surface area contributed by atoms with Crippen LogP contribution in [0.5, 0.6) is 0 Å². The molecule has 0 bridgehead atoms. The van der Waals surface area contributed by atoms with Gasteiger partial charge in [0.2, 0.25) is 5.82 Å². The molecule has 0 heterocycles. The van der Waals surface area contributed by atoms with E-state index in [1.165, 1.54) is 31.2 Å². The Morgan fingerprint density at radius 3 is 2.29 bits per heavy atom. The summed E-state index contributed by atoms with van der Waals surface area (Å²) in [6.45, 7) is 1.27. The van der Waals surface area contributed by atoms with Gasteiger partial charge in [0.15, 0.2) is 6.10 Å². The molecule has 0 aliphatic heterocycles. The van der Waals surface area contributed by atoms with Gasteiger partial charge in [0, 0.05) is 11.8 Å². The molecule has 2 aromatic rings. The number of hydrogen-bond donors (Lipinski definition) is 1. The van der Waals surface area contributed by atoms with Crippen LogP contribution in [0.4, 0.5) is 15.8 Å². The molecule has 10 heteroatoms. The minimum atomic E-state index is -1.30. The van der Waals surface area contributed by atoms with E-state index < -0.39 is 40.4 Å². The molecule has 1 atom stereocenters. The monoisotopic (exact) mass is 390 g/mol. The van der Waals surface area contributed by atoms with Crippen LogP contribution in [0, 0.1) is 15.9 Å². The molecule has 146 valence electrons. The van der Waals surface area contributed by atoms with Gasteiger partial charge in [-0.3, -0.25) is 14.9 Å². The molecule has 0 fully saturated rings. The van der Waals surface area contributed by atoms with Crippen LogP contribution in [-0.2, 0) is 14.3 Å². The van der Waals surface area contributed by atoms with E-state index in [4.69, 9.17) is 4.74 Å². The van der Waals surface area contributed by atoms with Gasteiger partial charge in [0.05, 0.1) is 23.2 Å². The fourth-order valence-electron chi connectivity index (χ4n) is 2.20. The number of rotatable bonds is 6. The molecular formula is C18H15FN2O7. The van der Waals surface area contributed by atoms with Crippen molar-refractivity contribution in [1.29, 1.82) is 0 Å². The van der Waals surface area contributed by atoms with Crippen molar-refractivity contribution in [2.24, 2.45) is 0 Å². The molecule has 1 N–H and O–H groups in total. The second-order valence-electron chi connectivity index (χ2n) is 5.50. The van der Waals surface area contributed by atoms with Gasteiger partial charge < -0.3 is 14.8 Å². The Balaban J connectivity index is 2.11. The highest BCUT2D eigenvalue weighted by molar-refractivity contribution is 6.04. The highest BCUT2D eigenvalue weighted by atomic mass is 19.1. The lowest BCUT2D eigenvalue weighted by Crippen LogP contribution is -2.30. The van der Waals surface area contributed by atoms with Crippen molar-refractivity contribution in [3.8, 4) is 0 Å². The van der Waals surface area contributed by atoms with Crippen LogP contribution >= 0.6 is 0 Å². The molecule has 2 rings (SSSR count). The topological polar surface area (TPSA) is 125 Å². The summed E-state index contributed by atoms with van der Waals surface area (Å²) in [7, 11) is 1.16. The molecule has 0 radical (unpaired) electrons. The molecule has 1 unspecified atom stereocenters. The van der Waals surface area contributed by atoms with Gasteiger partial charge in [0.25, 0.3) is 5.91 Å². The normalized spacial score (nSPS) is 11.2. The largest absolute Gasteiger partial charge is 0.465 e. The number of halogens is 1. The fourth-order valence-corrected chi connectivity index (χ4v) is 2.20. The number of ether oxygens (including phenoxy) is 2. The molecule has 0 aliphatic carbocycles. The van der Waals surface area contributed by atoms with Crippen LogP contribution in [0.1, 0.15) is 27.6 Å². The summed E-state index contributed by atoms with van der Waals surface area (Å²) in [5, 5.41) is 13.0. The highest BCUT2D eigenvalue weighted by Crippen LogP contribution is 2.22. The summed E-state index contributed by atoms with van der Waals surface area (Å²) < 4.78 is 23.0. The van der Waals surface area contributed by atoms with E-state index in [2.05, 4.69) is 10.1 Å². The lowest BCUT2D eigenvalue weighted by atomic mass is 10.1. The molecule has 2 aromatic carbocycles. The fraction of sp³-hybridized carbons (Fsp3) is 0.167. The Kier molecular flexibility index (Phi) is 6.38. The van der Waals surface area contributed by atoms with Crippen molar-refractivity contribution in [1.82, 2.24) is 0 Å². The second-order valence-corrected chi connectivity index (χ2v) is 5.50. The van der Waals surface area contributed by atoms with Gasteiger partial charge in [-0.2, -0.15) is 4.39 Å². The summed E-state index contributed by atoms with van der Waals surface area (Å²) in [6, 6.07) is 8.53. The average molecular weight is 390 g/mol. The van der Waals surface area contributed by atoms with Crippen molar-refractivity contribution < 1.29 is 33.2 Å². The van der Waals surface area contributed by atoms with Gasteiger partial charge in [-0.1, -0.05) is 12.1 Å². The third-order valence-corrected chi connectivity index (χ3v) is 3.62. The maximum Gasteiger partial charge on any atom is 0.339 e. The number of nitrogens with zero attached hydrogens (tertiary/aromatic N) is 1. The second kappa shape index (κ2) is 8.71. The highest BCUT2D eigenvalue weighted by Gasteiger charge is 2.24. The van der Waals surface area contributed by atoms with Crippen molar-refractivity contribution in [2.45, 2.75) is 13.0 Å². The number of hydrogen-bond acceptors (Lipinski definition) is 7. The summed E-state index contributed by atoms with van der Waals surface area (Å²) in [5.41, 5.74) is -0.978. The van der Waals surface area contributed by atoms with Crippen LogP contribution in [-0.4, -0.2) is 36.0 Å². The lowest BCUT2D eigenvalue weighted by Gasteiger charge is -2.14. The van der Waals surface area contributed by atoms with Gasteiger partial charge >= 0.3 is 17.6 Å². The number of nitro groups is 1. The van der Waals surface area contributed by atoms with E-state index in [9.17, 15) is 28.9 Å². The van der Waals surface area contributed by atoms with Crippen LogP contribution in [0.2, 0.25) is 0 Å². The standard InChI is InChI=1S/C18H15FN2O7/c1-10(16(22)20-11-7-8-14(19)15(9-11)21(25)26)28-18(24)13-6-4-3-5-12(13)17(23)27-2/h3-10H,1-2H3,(H,20,22). The Morgan fingerprint density at radius 1 is 1.11 bits per heavy atom. The number of nitrogens with one attached hydrogen (secondary N) is 1. The zero-order valence-corrected chi connectivity index (χ0v) is 14.8. The average Bonchev–Trinajstić information content (AvgIpc) is 2.68. The van der Waals surface area contributed by atoms with Gasteiger partial charge in [0.1, 0.15) is 0 Å². The van der Waals surface area contributed by atoms with Gasteiger partial charge in [-0.25, -0.2) is 9.59 Å². The van der Waals surface area contributed by atoms with Gasteiger partial charge in [-0.05, 0) is 31.2 Å². The molecule has 1 amide bonds. The molecule has 0 saturated heterocycles. The number of carbonyl (C=O) groups excluding carboxylic acids is 3. The molecule has 0 aliphatic rings. The molecular weight excluding hydrogens is 375 g/mol. The van der Waals surface area contributed by atoms with E-state index >= 15 is 0 Å². The first-order chi connectivity index (χ1) is 13.2. The van der Waals surface area contributed by atoms with Crippen LogP contribution in [0.3, 0.4) is 0 Å². The van der Waals surface area contributed by atoms with E-state index in [-0.39, 0.29) is 16.8 Å². The summed E-state index contributed by atoms with van der Waals surface area (Å²) in [4.78, 5) is 46.0. The Labute approximate surface area is 158 Å². The minimum absolute atomic E-state index is 0.0308. The number of amides is 1. The first kappa shape index (κ1) is 20.5. The third-order valence-electron chi connectivity index (χ3n) is 3.62. The van der Waals surface area contributed by atoms with E-state index in [1.807, 2.05) is 0 Å². The number of esters is 2. The van der Waals surface area contributed by atoms with Crippen molar-refractivity contribution in [3.05, 3.63) is 69.5 Å². The van der Waals surface area contributed by atoms with Gasteiger partial charge in [-0.15, -0.1) is 0 Å². The molecule has 28 heavy (non-hydrogen) atoms. The molecule has 0 spiro atoms. The Morgan fingerprint density at radius 2 is 1.71 bits per heavy atom. The molecule has 9 nitrogen and oxygen atoms in total. The van der Waals surface area contributed by atoms with Crippen LogP contribution < -0.4 is 5.32 Å². The summed E-state index contributed by atoms with van der Waals surface area (Å²) in [6.07, 6.45) is -1.30. The first-order valence-electron chi connectivity index (χ1n) is 7.87. The van der Waals surface area contributed by atoms with Crippen LogP contribution in [0.25, 0.3) is 0 Å². The van der Waals surface area contributed by atoms with Crippen molar-refractivity contribution in [3.63, 3.8) is 0 Å². The number of carbonyl (C=O) groups is 3. The van der Waals surface area contributed by atoms with Crippen LogP contribution in [0.15, 0.2) is 42.5 Å². The molecule has 0 saturated carbocycles. The Bertz CT molecular complexity index is 945. The minimum Gasteiger partial charge on any atom is -0.465 e. The quantitative estimate of drug-likeness (QED) is 0.457. The van der Waals surface area contributed by atoms with Crippen molar-refractivity contribution in [2.75, 3.05) is 12.4 Å². The maximum absolute atomic E-state index is 13.3. The summed E-state index contributed by atoms with van der Waals surface area (Å²) in [5.74, 6) is -3.54. The van der Waals surface area contributed by atoms with E-state index in [0.29, 0.717) is 0 Å². The number of benzene rings is 2. The SMILES string of the molecule is COC(=O)c1ccccc1C(=O)OC(C)C(=O)Nc1ccc(F)c([N+](=O)[O-])c1. The zero-order chi connectivity index (χ0) is 20.8. The first-order valence-corrected chi connectivity index (χ1v) is 7.87. The predicted molar refractivity (Wildman–Crippen MR) is 94.3 cm³/mol. The lowest BCUT2D eigenvalue weighted by molar-refractivity contribution is -0.387. The van der Waals surface area contributed by atoms with Crippen molar-refractivity contribution >= 4 is 29.2 Å². The third kappa shape index (κ3) is 4.67. The zero-order valence-electron chi connectivity index (χ0n) is 14.8. The van der Waals surface area contributed by atoms with E-state index in [0.717, 1.165) is 25.3 Å². The smallest absolute Gasteiger partial charge is 0.339 e. The Hall–Kier alpha value is -3.82. The summed E-state index contributed by atoms with van der Waals surface area (Å²) >= 11 is 0. The number of nitro benzene ring substituents is 1. The van der Waals surface area contributed by atoms with E-state index in [1.54, 1.807) is 0 Å². The maximum atomic E-state index is 13.3. The molecule has 0 aromatic heterocycles. The number of anilines is 1. The predicted octanol–water partition coefficient (Wildman–Crippen LogP) is 2.70. The number of methoxy groups -OCH3 is 1.